The summed E-state index contributed by atoms with van der Waals surface area (Å²) in [6.07, 6.45) is 2.14. The molecule has 0 spiro atoms. The Bertz CT molecular complexity index is 832. The third kappa shape index (κ3) is 6.32. The molecule has 0 bridgehead atoms. The van der Waals surface area contributed by atoms with Gasteiger partial charge in [0.1, 0.15) is 12.4 Å². The van der Waals surface area contributed by atoms with Crippen LogP contribution in [0.3, 0.4) is 0 Å². The maximum atomic E-state index is 12.0. The Morgan fingerprint density at radius 3 is 2.41 bits per heavy atom. The van der Waals surface area contributed by atoms with Crippen molar-refractivity contribution < 1.29 is 28.6 Å². The first-order chi connectivity index (χ1) is 14.1. The van der Waals surface area contributed by atoms with Crippen molar-refractivity contribution in [2.75, 3.05) is 19.8 Å². The van der Waals surface area contributed by atoms with Gasteiger partial charge in [0, 0.05) is 12.2 Å². The highest BCUT2D eigenvalue weighted by Crippen LogP contribution is 2.17. The zero-order chi connectivity index (χ0) is 20.5. The van der Waals surface area contributed by atoms with Crippen molar-refractivity contribution in [1.29, 1.82) is 0 Å². The SMILES string of the molecule is O=C(COC(=O)c1ccc(OC[C@@H]2CCCO2)cc1)NNC(=O)c1ccccc1. The molecule has 3 rings (SSSR count). The minimum absolute atomic E-state index is 0.112. The van der Waals surface area contributed by atoms with Gasteiger partial charge in [0.15, 0.2) is 6.61 Å². The van der Waals surface area contributed by atoms with E-state index >= 15 is 0 Å². The summed E-state index contributed by atoms with van der Waals surface area (Å²) in [6.45, 7) is 0.714. The summed E-state index contributed by atoms with van der Waals surface area (Å²) in [5.74, 6) is -1.15. The van der Waals surface area contributed by atoms with E-state index in [1.807, 2.05) is 0 Å². The molecule has 8 nitrogen and oxygen atoms in total. The van der Waals surface area contributed by atoms with Gasteiger partial charge < -0.3 is 14.2 Å². The van der Waals surface area contributed by atoms with Crippen LogP contribution < -0.4 is 15.6 Å². The minimum atomic E-state index is -0.654. The van der Waals surface area contributed by atoms with Gasteiger partial charge in [-0.3, -0.25) is 20.4 Å². The van der Waals surface area contributed by atoms with Crippen LogP contribution in [0.5, 0.6) is 5.75 Å². The standard InChI is InChI=1S/C21H22N2O6/c24-19(22-23-20(25)15-5-2-1-3-6-15)14-29-21(26)16-8-10-17(11-9-16)28-13-18-7-4-12-27-18/h1-3,5-6,8-11,18H,4,7,12-14H2,(H,22,24)(H,23,25)/t18-/m0/s1. The topological polar surface area (TPSA) is 103 Å². The lowest BCUT2D eigenvalue weighted by Crippen LogP contribution is -2.43. The van der Waals surface area contributed by atoms with Gasteiger partial charge in [-0.25, -0.2) is 4.79 Å². The Balaban J connectivity index is 1.38. The smallest absolute Gasteiger partial charge is 0.338 e. The molecule has 2 aromatic carbocycles. The van der Waals surface area contributed by atoms with Crippen LogP contribution in [0.15, 0.2) is 54.6 Å². The summed E-state index contributed by atoms with van der Waals surface area (Å²) in [4.78, 5) is 35.6. The van der Waals surface area contributed by atoms with E-state index in [0.717, 1.165) is 19.4 Å². The van der Waals surface area contributed by atoms with Crippen LogP contribution in [0.25, 0.3) is 0 Å². The van der Waals surface area contributed by atoms with E-state index < -0.39 is 24.4 Å². The third-order valence-corrected chi connectivity index (χ3v) is 4.24. The van der Waals surface area contributed by atoms with Crippen molar-refractivity contribution in [1.82, 2.24) is 10.9 Å². The molecule has 1 aliphatic rings. The van der Waals surface area contributed by atoms with Crippen LogP contribution >= 0.6 is 0 Å². The van der Waals surface area contributed by atoms with Crippen LogP contribution in [0.2, 0.25) is 0 Å². The van der Waals surface area contributed by atoms with Crippen molar-refractivity contribution in [3.05, 3.63) is 65.7 Å². The van der Waals surface area contributed by atoms with Crippen LogP contribution in [-0.2, 0) is 14.3 Å². The number of hydrogen-bond acceptors (Lipinski definition) is 6. The van der Waals surface area contributed by atoms with Crippen LogP contribution in [0.4, 0.5) is 0 Å². The molecular formula is C21H22N2O6. The Morgan fingerprint density at radius 1 is 0.966 bits per heavy atom. The molecule has 1 aliphatic heterocycles. The maximum absolute atomic E-state index is 12.0. The normalized spacial score (nSPS) is 15.4. The second-order valence-electron chi connectivity index (χ2n) is 6.41. The first-order valence-corrected chi connectivity index (χ1v) is 9.27. The number of hydrogen-bond donors (Lipinski definition) is 2. The van der Waals surface area contributed by atoms with Gasteiger partial charge in [-0.1, -0.05) is 18.2 Å². The van der Waals surface area contributed by atoms with Gasteiger partial charge in [0.2, 0.25) is 0 Å². The summed E-state index contributed by atoms with van der Waals surface area (Å²) in [7, 11) is 0. The minimum Gasteiger partial charge on any atom is -0.491 e. The number of ether oxygens (including phenoxy) is 3. The van der Waals surface area contributed by atoms with Crippen molar-refractivity contribution >= 4 is 17.8 Å². The average Bonchev–Trinajstić information content (AvgIpc) is 3.29. The molecule has 0 unspecified atom stereocenters. The van der Waals surface area contributed by atoms with Crippen LogP contribution in [0, 0.1) is 0 Å². The second-order valence-corrected chi connectivity index (χ2v) is 6.41. The van der Waals surface area contributed by atoms with Crippen LogP contribution in [0.1, 0.15) is 33.6 Å². The molecule has 29 heavy (non-hydrogen) atoms. The van der Waals surface area contributed by atoms with Crippen LogP contribution in [-0.4, -0.2) is 43.7 Å². The van der Waals surface area contributed by atoms with Crippen molar-refractivity contribution in [3.8, 4) is 5.75 Å². The van der Waals surface area contributed by atoms with E-state index in [-0.39, 0.29) is 11.7 Å². The molecule has 2 aromatic rings. The molecule has 152 valence electrons. The molecule has 0 aromatic heterocycles. The van der Waals surface area contributed by atoms with Crippen molar-refractivity contribution in [3.63, 3.8) is 0 Å². The summed E-state index contributed by atoms with van der Waals surface area (Å²) >= 11 is 0. The quantitative estimate of drug-likeness (QED) is 0.545. The lowest BCUT2D eigenvalue weighted by Gasteiger charge is -2.11. The zero-order valence-corrected chi connectivity index (χ0v) is 15.8. The van der Waals surface area contributed by atoms with Gasteiger partial charge in [0.25, 0.3) is 11.8 Å². The summed E-state index contributed by atoms with van der Waals surface area (Å²) in [6, 6.07) is 14.8. The number of esters is 1. The predicted octanol–water partition coefficient (Wildman–Crippen LogP) is 1.86. The van der Waals surface area contributed by atoms with Gasteiger partial charge in [-0.05, 0) is 49.2 Å². The highest BCUT2D eigenvalue weighted by Gasteiger charge is 2.16. The highest BCUT2D eigenvalue weighted by atomic mass is 16.5. The Kier molecular flexibility index (Phi) is 7.18. The summed E-state index contributed by atoms with van der Waals surface area (Å²) in [5.41, 5.74) is 5.13. The van der Waals surface area contributed by atoms with E-state index in [1.54, 1.807) is 54.6 Å². The number of hydrazine groups is 1. The third-order valence-electron chi connectivity index (χ3n) is 4.24. The summed E-state index contributed by atoms with van der Waals surface area (Å²) < 4.78 is 16.1. The van der Waals surface area contributed by atoms with Crippen molar-refractivity contribution in [2.45, 2.75) is 18.9 Å². The Labute approximate surface area is 168 Å². The first-order valence-electron chi connectivity index (χ1n) is 9.27. The number of nitrogens with one attached hydrogen (secondary N) is 2. The molecule has 1 saturated heterocycles. The number of carbonyl (C=O) groups is 3. The zero-order valence-electron chi connectivity index (χ0n) is 15.8. The second kappa shape index (κ2) is 10.2. The molecule has 1 heterocycles. The Hall–Kier alpha value is -3.39. The molecule has 0 aliphatic carbocycles. The van der Waals surface area contributed by atoms with E-state index in [0.29, 0.717) is 17.9 Å². The molecule has 1 fully saturated rings. The fourth-order valence-corrected chi connectivity index (χ4v) is 2.69. The van der Waals surface area contributed by atoms with Gasteiger partial charge in [-0.2, -0.15) is 0 Å². The lowest BCUT2D eigenvalue weighted by molar-refractivity contribution is -0.125. The number of amides is 2. The van der Waals surface area contributed by atoms with Gasteiger partial charge in [-0.15, -0.1) is 0 Å². The molecule has 0 radical (unpaired) electrons. The summed E-state index contributed by atoms with van der Waals surface area (Å²) in [5, 5.41) is 0. The lowest BCUT2D eigenvalue weighted by atomic mass is 10.2. The largest absolute Gasteiger partial charge is 0.491 e. The van der Waals surface area contributed by atoms with E-state index in [9.17, 15) is 14.4 Å². The van der Waals surface area contributed by atoms with Crippen molar-refractivity contribution in [2.24, 2.45) is 0 Å². The fraction of sp³-hybridized carbons (Fsp3) is 0.286. The molecule has 0 saturated carbocycles. The number of rotatable bonds is 7. The predicted molar refractivity (Wildman–Crippen MR) is 103 cm³/mol. The van der Waals surface area contributed by atoms with E-state index in [2.05, 4.69) is 10.9 Å². The van der Waals surface area contributed by atoms with Gasteiger partial charge >= 0.3 is 5.97 Å². The average molecular weight is 398 g/mol. The first kappa shape index (κ1) is 20.3. The molecule has 8 heteroatoms. The number of carbonyl (C=O) groups excluding carboxylic acids is 3. The number of benzene rings is 2. The van der Waals surface area contributed by atoms with Gasteiger partial charge in [0.05, 0.1) is 11.7 Å². The molecule has 1 atom stereocenters. The fourth-order valence-electron chi connectivity index (χ4n) is 2.69. The van der Waals surface area contributed by atoms with E-state index in [4.69, 9.17) is 14.2 Å². The monoisotopic (exact) mass is 398 g/mol. The highest BCUT2D eigenvalue weighted by molar-refractivity contribution is 5.96. The Morgan fingerprint density at radius 2 is 1.72 bits per heavy atom. The maximum Gasteiger partial charge on any atom is 0.338 e. The van der Waals surface area contributed by atoms with E-state index in [1.165, 1.54) is 0 Å². The molecular weight excluding hydrogens is 376 g/mol. The molecule has 2 amide bonds. The molecule has 2 N–H and O–H groups in total.